The molecule has 1 heterocycles. The van der Waals surface area contributed by atoms with E-state index >= 15 is 0 Å². The minimum atomic E-state index is -0.961. The van der Waals surface area contributed by atoms with Crippen molar-refractivity contribution < 1.29 is 19.5 Å². The summed E-state index contributed by atoms with van der Waals surface area (Å²) in [4.78, 5) is 10.8. The van der Waals surface area contributed by atoms with E-state index < -0.39 is 5.97 Å². The second-order valence-corrected chi connectivity index (χ2v) is 3.78. The predicted molar refractivity (Wildman–Crippen MR) is 65.2 cm³/mol. The SMILES string of the molecule is Cc1cc(C(=O)O)ccc1-c1ccc(/C=N/O)o1. The normalized spacial score (nSPS) is 10.9. The van der Waals surface area contributed by atoms with Gasteiger partial charge in [0.1, 0.15) is 17.7 Å². The maximum Gasteiger partial charge on any atom is 0.335 e. The van der Waals surface area contributed by atoms with Gasteiger partial charge in [0, 0.05) is 5.56 Å². The summed E-state index contributed by atoms with van der Waals surface area (Å²) in [6, 6.07) is 8.20. The number of carbonyl (C=O) groups is 1. The smallest absolute Gasteiger partial charge is 0.335 e. The van der Waals surface area contributed by atoms with Crippen molar-refractivity contribution in [3.63, 3.8) is 0 Å². The molecule has 0 aliphatic rings. The fourth-order valence-electron chi connectivity index (χ4n) is 1.70. The summed E-state index contributed by atoms with van der Waals surface area (Å²) >= 11 is 0. The molecule has 0 fully saturated rings. The molecule has 5 nitrogen and oxygen atoms in total. The molecular formula is C13H11NO4. The monoisotopic (exact) mass is 245 g/mol. The first-order chi connectivity index (χ1) is 8.61. The number of oxime groups is 1. The number of benzene rings is 1. The first-order valence-electron chi connectivity index (χ1n) is 5.23. The standard InChI is InChI=1S/C13H11NO4/c1-8-6-9(13(15)16)2-4-11(8)12-5-3-10(18-12)7-14-17/h2-7,17H,1H3,(H,15,16)/b14-7+. The van der Waals surface area contributed by atoms with E-state index in [1.54, 1.807) is 24.3 Å². The molecule has 0 spiro atoms. The van der Waals surface area contributed by atoms with Crippen LogP contribution in [0.1, 0.15) is 21.7 Å². The van der Waals surface area contributed by atoms with E-state index in [0.29, 0.717) is 11.5 Å². The van der Waals surface area contributed by atoms with Crippen molar-refractivity contribution in [1.29, 1.82) is 0 Å². The van der Waals surface area contributed by atoms with E-state index in [1.165, 1.54) is 12.3 Å². The summed E-state index contributed by atoms with van der Waals surface area (Å²) in [6.45, 7) is 1.81. The first kappa shape index (κ1) is 11.9. The van der Waals surface area contributed by atoms with Gasteiger partial charge >= 0.3 is 5.97 Å². The highest BCUT2D eigenvalue weighted by molar-refractivity contribution is 5.89. The zero-order valence-corrected chi connectivity index (χ0v) is 9.62. The second-order valence-electron chi connectivity index (χ2n) is 3.78. The number of hydrogen-bond acceptors (Lipinski definition) is 4. The number of furan rings is 1. The summed E-state index contributed by atoms with van der Waals surface area (Å²) in [5, 5.41) is 20.1. The molecule has 92 valence electrons. The molecule has 0 aliphatic heterocycles. The predicted octanol–water partition coefficient (Wildman–Crippen LogP) is 2.76. The fraction of sp³-hybridized carbons (Fsp3) is 0.0769. The minimum Gasteiger partial charge on any atom is -0.478 e. The highest BCUT2D eigenvalue weighted by atomic mass is 16.4. The molecule has 1 aromatic heterocycles. The number of nitrogens with zero attached hydrogens (tertiary/aromatic N) is 1. The number of carboxylic acid groups (broad SMARTS) is 1. The summed E-state index contributed by atoms with van der Waals surface area (Å²) in [6.07, 6.45) is 1.18. The van der Waals surface area contributed by atoms with Crippen LogP contribution < -0.4 is 0 Å². The second kappa shape index (κ2) is 4.75. The van der Waals surface area contributed by atoms with Gasteiger partial charge in [-0.2, -0.15) is 0 Å². The van der Waals surface area contributed by atoms with E-state index in [9.17, 15) is 4.79 Å². The van der Waals surface area contributed by atoms with Gasteiger partial charge in [0.25, 0.3) is 0 Å². The van der Waals surface area contributed by atoms with Crippen LogP contribution in [0.25, 0.3) is 11.3 Å². The molecular weight excluding hydrogens is 234 g/mol. The molecule has 0 saturated heterocycles. The van der Waals surface area contributed by atoms with Gasteiger partial charge in [-0.25, -0.2) is 4.79 Å². The highest BCUT2D eigenvalue weighted by Gasteiger charge is 2.10. The Balaban J connectivity index is 2.41. The van der Waals surface area contributed by atoms with E-state index in [0.717, 1.165) is 11.1 Å². The Morgan fingerprint density at radius 1 is 1.33 bits per heavy atom. The van der Waals surface area contributed by atoms with Crippen molar-refractivity contribution in [1.82, 2.24) is 0 Å². The molecule has 0 saturated carbocycles. The molecule has 18 heavy (non-hydrogen) atoms. The number of carboxylic acids is 1. The quantitative estimate of drug-likeness (QED) is 0.494. The van der Waals surface area contributed by atoms with Crippen LogP contribution in [0.15, 0.2) is 39.9 Å². The highest BCUT2D eigenvalue weighted by Crippen LogP contribution is 2.26. The van der Waals surface area contributed by atoms with Gasteiger partial charge in [-0.1, -0.05) is 11.2 Å². The van der Waals surface area contributed by atoms with Crippen LogP contribution in [0.2, 0.25) is 0 Å². The summed E-state index contributed by atoms with van der Waals surface area (Å²) in [7, 11) is 0. The number of hydrogen-bond donors (Lipinski definition) is 2. The largest absolute Gasteiger partial charge is 0.478 e. The van der Waals surface area contributed by atoms with Crippen LogP contribution in [-0.2, 0) is 0 Å². The van der Waals surface area contributed by atoms with Crippen LogP contribution in [-0.4, -0.2) is 22.5 Å². The van der Waals surface area contributed by atoms with Gasteiger partial charge < -0.3 is 14.7 Å². The van der Waals surface area contributed by atoms with E-state index in [1.807, 2.05) is 6.92 Å². The lowest BCUT2D eigenvalue weighted by Gasteiger charge is -2.03. The molecule has 0 radical (unpaired) electrons. The zero-order valence-electron chi connectivity index (χ0n) is 9.62. The molecule has 2 rings (SSSR count). The Kier molecular flexibility index (Phi) is 3.14. The molecule has 5 heteroatoms. The van der Waals surface area contributed by atoms with Crippen molar-refractivity contribution >= 4 is 12.2 Å². The van der Waals surface area contributed by atoms with Crippen LogP contribution in [0.4, 0.5) is 0 Å². The third kappa shape index (κ3) is 2.24. The van der Waals surface area contributed by atoms with Gasteiger partial charge in [-0.3, -0.25) is 0 Å². The van der Waals surface area contributed by atoms with Gasteiger partial charge in [-0.05, 0) is 36.8 Å². The molecule has 0 atom stereocenters. The Bertz CT molecular complexity index is 613. The Labute approximate surface area is 103 Å². The topological polar surface area (TPSA) is 83.0 Å². The summed E-state index contributed by atoms with van der Waals surface area (Å²) in [5.41, 5.74) is 1.84. The lowest BCUT2D eigenvalue weighted by Crippen LogP contribution is -1.96. The average Bonchev–Trinajstić information content (AvgIpc) is 2.77. The third-order valence-electron chi connectivity index (χ3n) is 2.55. The van der Waals surface area contributed by atoms with E-state index in [4.69, 9.17) is 14.7 Å². The van der Waals surface area contributed by atoms with Crippen molar-refractivity contribution in [2.24, 2.45) is 5.16 Å². The lowest BCUT2D eigenvalue weighted by atomic mass is 10.0. The number of rotatable bonds is 3. The molecule has 2 N–H and O–H groups in total. The van der Waals surface area contributed by atoms with Gasteiger partial charge in [-0.15, -0.1) is 0 Å². The molecule has 0 unspecified atom stereocenters. The van der Waals surface area contributed by atoms with E-state index in [2.05, 4.69) is 5.16 Å². The van der Waals surface area contributed by atoms with Crippen molar-refractivity contribution in [2.75, 3.05) is 0 Å². The van der Waals surface area contributed by atoms with Crippen LogP contribution in [0, 0.1) is 6.92 Å². The maximum atomic E-state index is 10.8. The molecule has 1 aromatic carbocycles. The van der Waals surface area contributed by atoms with Gasteiger partial charge in [0.15, 0.2) is 0 Å². The maximum absolute atomic E-state index is 10.8. The van der Waals surface area contributed by atoms with Gasteiger partial charge in [0.05, 0.1) is 5.56 Å². The molecule has 0 amide bonds. The first-order valence-corrected chi connectivity index (χ1v) is 5.23. The van der Waals surface area contributed by atoms with Crippen molar-refractivity contribution in [2.45, 2.75) is 6.92 Å². The molecule has 2 aromatic rings. The Morgan fingerprint density at radius 2 is 2.11 bits per heavy atom. The Hall–Kier alpha value is -2.56. The Morgan fingerprint density at radius 3 is 2.72 bits per heavy atom. The minimum absolute atomic E-state index is 0.236. The van der Waals surface area contributed by atoms with Crippen LogP contribution >= 0.6 is 0 Å². The zero-order chi connectivity index (χ0) is 13.1. The van der Waals surface area contributed by atoms with Crippen molar-refractivity contribution in [3.05, 3.63) is 47.2 Å². The summed E-state index contributed by atoms with van der Waals surface area (Å²) < 4.78 is 5.43. The van der Waals surface area contributed by atoms with Crippen molar-refractivity contribution in [3.8, 4) is 11.3 Å². The molecule has 0 aliphatic carbocycles. The molecule has 0 bridgehead atoms. The van der Waals surface area contributed by atoms with Gasteiger partial charge in [0.2, 0.25) is 0 Å². The fourth-order valence-corrected chi connectivity index (χ4v) is 1.70. The average molecular weight is 245 g/mol. The van der Waals surface area contributed by atoms with Crippen LogP contribution in [0.5, 0.6) is 0 Å². The lowest BCUT2D eigenvalue weighted by molar-refractivity contribution is 0.0697. The van der Waals surface area contributed by atoms with E-state index in [-0.39, 0.29) is 5.56 Å². The third-order valence-corrected chi connectivity index (χ3v) is 2.55. The summed E-state index contributed by atoms with van der Waals surface area (Å²) in [5.74, 6) is 0.0609. The van der Waals surface area contributed by atoms with Crippen LogP contribution in [0.3, 0.4) is 0 Å². The number of aryl methyl sites for hydroxylation is 1. The number of aromatic carboxylic acids is 1.